The Kier molecular flexibility index (Phi) is 11.6. The van der Waals surface area contributed by atoms with E-state index >= 15 is 0 Å². The van der Waals surface area contributed by atoms with E-state index in [0.29, 0.717) is 50.8 Å². The Labute approximate surface area is 291 Å². The molecule has 0 fully saturated rings. The van der Waals surface area contributed by atoms with Gasteiger partial charge in [-0.1, -0.05) is 40.7 Å². The molecular weight excluding hydrogens is 714 g/mol. The number of hydrogen-bond acceptors (Lipinski definition) is 9. The van der Waals surface area contributed by atoms with Crippen molar-refractivity contribution in [2.24, 2.45) is 4.99 Å². The Morgan fingerprint density at radius 2 is 1.81 bits per heavy atom. The summed E-state index contributed by atoms with van der Waals surface area (Å²) in [6.45, 7) is 2.08. The van der Waals surface area contributed by atoms with Crippen molar-refractivity contribution in [1.29, 1.82) is 0 Å². The van der Waals surface area contributed by atoms with Crippen molar-refractivity contribution in [2.45, 2.75) is 56.6 Å². The summed E-state index contributed by atoms with van der Waals surface area (Å²) < 4.78 is 30.6. The van der Waals surface area contributed by atoms with Gasteiger partial charge in [-0.2, -0.15) is 4.68 Å². The number of carbonyl (C=O) groups is 1. The van der Waals surface area contributed by atoms with Crippen LogP contribution in [0.4, 0.5) is 10.1 Å². The SMILES string of the molecule is C#CCOc1cc(-n2nc3n(c2=O)CCCC3)c(Cl)cc1Cl.COC(=O)CSc1cc(N=c2sc(=O)n3n2CCCC3)c(F)cc1Cl. The topological polar surface area (TPSA) is 115 Å². The minimum absolute atomic E-state index is 0.0605. The Bertz CT molecular complexity index is 2040. The third-order valence-corrected chi connectivity index (χ3v) is 10.1. The number of terminal acetylenes is 1. The van der Waals surface area contributed by atoms with Gasteiger partial charge in [0, 0.05) is 37.0 Å². The highest BCUT2D eigenvalue weighted by molar-refractivity contribution is 8.00. The van der Waals surface area contributed by atoms with E-state index in [2.05, 4.69) is 20.7 Å². The normalized spacial score (nSPS) is 14.0. The standard InChI is InChI=1S/C15H13Cl2N3O2.C15H15ClFN3O3S2/c1-2-7-22-13-9-12(10(16)8-11(13)17)20-15(21)19-6-4-3-5-14(19)18-20;1-23-13(21)8-24-12-7-11(10(17)6-9(12)16)18-14-19-4-2-3-5-20(19)15(22)25-14/h1,8-9H,3-7H2;6-7H,2-5,8H2,1H3. The Balaban J connectivity index is 0.000000186. The number of hydrogen-bond donors (Lipinski definition) is 0. The molecule has 0 saturated carbocycles. The van der Waals surface area contributed by atoms with Crippen LogP contribution >= 0.6 is 57.9 Å². The number of benzene rings is 2. The van der Waals surface area contributed by atoms with Gasteiger partial charge in [0.05, 0.1) is 33.6 Å². The zero-order chi connectivity index (χ0) is 33.7. The molecule has 2 aromatic carbocycles. The number of thioether (sulfide) groups is 1. The van der Waals surface area contributed by atoms with Gasteiger partial charge in [0.15, 0.2) is 0 Å². The lowest BCUT2D eigenvalue weighted by molar-refractivity contribution is -0.137. The van der Waals surface area contributed by atoms with Crippen molar-refractivity contribution in [3.8, 4) is 23.8 Å². The summed E-state index contributed by atoms with van der Waals surface area (Å²) in [6, 6.07) is 5.75. The molecule has 4 heterocycles. The minimum atomic E-state index is -0.580. The lowest BCUT2D eigenvalue weighted by Crippen LogP contribution is -2.31. The van der Waals surface area contributed by atoms with E-state index in [9.17, 15) is 18.8 Å². The fourth-order valence-electron chi connectivity index (χ4n) is 4.90. The molecule has 2 aromatic heterocycles. The molecule has 17 heteroatoms. The first-order valence-electron chi connectivity index (χ1n) is 14.4. The summed E-state index contributed by atoms with van der Waals surface area (Å²) in [4.78, 5) is 41.0. The molecule has 0 saturated heterocycles. The number of methoxy groups -OCH3 is 1. The summed E-state index contributed by atoms with van der Waals surface area (Å²) in [7, 11) is 1.30. The average molecular weight is 742 g/mol. The monoisotopic (exact) mass is 740 g/mol. The van der Waals surface area contributed by atoms with E-state index < -0.39 is 11.8 Å². The zero-order valence-corrected chi connectivity index (χ0v) is 28.9. The molecule has 4 aromatic rings. The maximum Gasteiger partial charge on any atom is 0.350 e. The highest BCUT2D eigenvalue weighted by Crippen LogP contribution is 2.34. The molecule has 0 unspecified atom stereocenters. The lowest BCUT2D eigenvalue weighted by Gasteiger charge is -2.15. The van der Waals surface area contributed by atoms with E-state index in [-0.39, 0.29) is 33.6 Å². The van der Waals surface area contributed by atoms with Crippen LogP contribution in [0.15, 0.2) is 43.7 Å². The van der Waals surface area contributed by atoms with Gasteiger partial charge in [-0.15, -0.1) is 23.3 Å². The first-order chi connectivity index (χ1) is 22.6. The summed E-state index contributed by atoms with van der Waals surface area (Å²) in [5, 5.41) is 5.24. The van der Waals surface area contributed by atoms with Crippen LogP contribution in [0.5, 0.6) is 5.75 Å². The average Bonchev–Trinajstić information content (AvgIpc) is 3.57. The predicted octanol–water partition coefficient (Wildman–Crippen LogP) is 5.48. The Morgan fingerprint density at radius 3 is 2.53 bits per heavy atom. The van der Waals surface area contributed by atoms with Crippen LogP contribution in [0.3, 0.4) is 0 Å². The number of ether oxygens (including phenoxy) is 2. The molecule has 0 atom stereocenters. The first kappa shape index (κ1) is 34.8. The Hall–Kier alpha value is -3.48. The van der Waals surface area contributed by atoms with Gasteiger partial charge in [0.1, 0.15) is 29.7 Å². The van der Waals surface area contributed by atoms with Gasteiger partial charge in [-0.05, 0) is 55.2 Å². The maximum atomic E-state index is 14.3. The van der Waals surface area contributed by atoms with Crippen LogP contribution < -0.4 is 20.1 Å². The largest absolute Gasteiger partial charge is 0.479 e. The molecule has 6 rings (SSSR count). The van der Waals surface area contributed by atoms with Gasteiger partial charge in [0.2, 0.25) is 4.80 Å². The molecule has 2 aliphatic heterocycles. The highest BCUT2D eigenvalue weighted by atomic mass is 35.5. The van der Waals surface area contributed by atoms with Crippen molar-refractivity contribution < 1.29 is 18.7 Å². The first-order valence-corrected chi connectivity index (χ1v) is 17.3. The van der Waals surface area contributed by atoms with Crippen LogP contribution in [0.2, 0.25) is 15.1 Å². The van der Waals surface area contributed by atoms with Crippen LogP contribution in [-0.2, 0) is 35.6 Å². The second-order valence-corrected chi connectivity index (χ2v) is 13.4. The molecule has 0 radical (unpaired) electrons. The molecular formula is C30H28Cl3FN6O5S2. The van der Waals surface area contributed by atoms with Crippen molar-refractivity contribution >= 4 is 69.6 Å². The number of halogens is 4. The molecule has 0 spiro atoms. The van der Waals surface area contributed by atoms with Crippen molar-refractivity contribution in [3.63, 3.8) is 0 Å². The maximum absolute atomic E-state index is 14.3. The zero-order valence-electron chi connectivity index (χ0n) is 25.0. The van der Waals surface area contributed by atoms with Crippen molar-refractivity contribution in [2.75, 3.05) is 19.5 Å². The molecule has 0 aliphatic carbocycles. The van der Waals surface area contributed by atoms with Crippen molar-refractivity contribution in [1.82, 2.24) is 23.7 Å². The third kappa shape index (κ3) is 7.98. The molecule has 0 bridgehead atoms. The van der Waals surface area contributed by atoms with Crippen LogP contribution in [-0.4, -0.2) is 49.2 Å². The predicted molar refractivity (Wildman–Crippen MR) is 180 cm³/mol. The van der Waals surface area contributed by atoms with E-state index in [1.54, 1.807) is 20.0 Å². The summed E-state index contributed by atoms with van der Waals surface area (Å²) in [5.41, 5.74) is 0.311. The summed E-state index contributed by atoms with van der Waals surface area (Å²) in [6.07, 6.45) is 9.87. The van der Waals surface area contributed by atoms with Gasteiger partial charge < -0.3 is 9.47 Å². The van der Waals surface area contributed by atoms with Crippen LogP contribution in [0, 0.1) is 18.2 Å². The highest BCUT2D eigenvalue weighted by Gasteiger charge is 2.20. The van der Waals surface area contributed by atoms with E-state index in [4.69, 9.17) is 46.0 Å². The number of aryl methyl sites for hydroxylation is 1. The lowest BCUT2D eigenvalue weighted by atomic mass is 10.2. The number of nitrogens with zero attached hydrogens (tertiary/aromatic N) is 6. The fraction of sp³-hybridized carbons (Fsp3) is 0.367. The van der Waals surface area contributed by atoms with Crippen molar-refractivity contribution in [3.05, 3.63) is 75.9 Å². The molecule has 47 heavy (non-hydrogen) atoms. The molecule has 2 aliphatic rings. The van der Waals surface area contributed by atoms with Gasteiger partial charge >= 0.3 is 16.5 Å². The van der Waals surface area contributed by atoms with E-state index in [0.717, 1.165) is 67.1 Å². The third-order valence-electron chi connectivity index (χ3n) is 7.19. The van der Waals surface area contributed by atoms with E-state index in [1.165, 1.54) is 23.9 Å². The molecule has 0 amide bonds. The quantitative estimate of drug-likeness (QED) is 0.140. The summed E-state index contributed by atoms with van der Waals surface area (Å²) in [5.74, 6) is 2.59. The van der Waals surface area contributed by atoms with Crippen LogP contribution in [0.25, 0.3) is 5.69 Å². The molecule has 0 N–H and O–H groups in total. The second-order valence-electron chi connectivity index (χ2n) is 10.3. The second kappa shape index (κ2) is 15.6. The number of fused-ring (bicyclic) bond motifs is 2. The number of rotatable bonds is 7. The molecule has 11 nitrogen and oxygen atoms in total. The van der Waals surface area contributed by atoms with E-state index in [1.807, 2.05) is 0 Å². The number of aromatic nitrogens is 5. The molecule has 248 valence electrons. The van der Waals surface area contributed by atoms with Crippen LogP contribution in [0.1, 0.15) is 31.5 Å². The fourth-order valence-corrected chi connectivity index (χ4v) is 7.40. The Morgan fingerprint density at radius 1 is 1.06 bits per heavy atom. The smallest absolute Gasteiger partial charge is 0.350 e. The minimum Gasteiger partial charge on any atom is -0.479 e. The van der Waals surface area contributed by atoms with Gasteiger partial charge in [-0.25, -0.2) is 18.9 Å². The van der Waals surface area contributed by atoms with Gasteiger partial charge in [-0.3, -0.25) is 18.8 Å². The van der Waals surface area contributed by atoms with Gasteiger partial charge in [0.25, 0.3) is 0 Å². The number of esters is 1. The summed E-state index contributed by atoms with van der Waals surface area (Å²) >= 11 is 20.5. The number of carbonyl (C=O) groups excluding carboxylic acids is 1.